The van der Waals surface area contributed by atoms with Gasteiger partial charge in [-0.15, -0.1) is 0 Å². The van der Waals surface area contributed by atoms with Crippen LogP contribution in [0.5, 0.6) is 0 Å². The number of hydrogen-bond donors (Lipinski definition) is 1. The average molecular weight is 370 g/mol. The Labute approximate surface area is 157 Å². The fourth-order valence-electron chi connectivity index (χ4n) is 2.48. The summed E-state index contributed by atoms with van der Waals surface area (Å²) < 4.78 is 5.33. The van der Waals surface area contributed by atoms with Crippen LogP contribution in [0.15, 0.2) is 36.4 Å². The minimum atomic E-state index is -0.510. The van der Waals surface area contributed by atoms with E-state index in [9.17, 15) is 4.79 Å². The number of rotatable bonds is 4. The average Bonchev–Trinajstić information content (AvgIpc) is 2.57. The SMILES string of the molecule is Cc1cc2nc(Nc3ccc(Cl)cc3)c(C(=O)OC(C)C)nc2cc1C. The Morgan fingerprint density at radius 2 is 1.62 bits per heavy atom. The number of carbonyl (C=O) groups is 1. The van der Waals surface area contributed by atoms with Gasteiger partial charge in [-0.25, -0.2) is 14.8 Å². The lowest BCUT2D eigenvalue weighted by Gasteiger charge is -2.14. The number of fused-ring (bicyclic) bond motifs is 1. The Bertz CT molecular complexity index is 969. The Morgan fingerprint density at radius 1 is 1.04 bits per heavy atom. The molecule has 1 aromatic heterocycles. The van der Waals surface area contributed by atoms with Gasteiger partial charge < -0.3 is 10.1 Å². The molecule has 0 aliphatic rings. The molecule has 2 aromatic carbocycles. The molecule has 0 saturated carbocycles. The minimum absolute atomic E-state index is 0.157. The van der Waals surface area contributed by atoms with Crippen molar-refractivity contribution in [3.63, 3.8) is 0 Å². The summed E-state index contributed by atoms with van der Waals surface area (Å²) in [7, 11) is 0. The largest absolute Gasteiger partial charge is 0.458 e. The van der Waals surface area contributed by atoms with Crippen molar-refractivity contribution in [3.8, 4) is 0 Å². The number of hydrogen-bond acceptors (Lipinski definition) is 5. The van der Waals surface area contributed by atoms with Crippen molar-refractivity contribution in [1.82, 2.24) is 9.97 Å². The van der Waals surface area contributed by atoms with Gasteiger partial charge in [-0.1, -0.05) is 11.6 Å². The van der Waals surface area contributed by atoms with E-state index >= 15 is 0 Å². The molecule has 0 aliphatic carbocycles. The molecule has 0 spiro atoms. The zero-order chi connectivity index (χ0) is 18.8. The van der Waals surface area contributed by atoms with Crippen LogP contribution in [0.1, 0.15) is 35.5 Å². The molecule has 0 bridgehead atoms. The molecule has 3 aromatic rings. The molecule has 0 aliphatic heterocycles. The van der Waals surface area contributed by atoms with Crippen molar-refractivity contribution in [2.45, 2.75) is 33.8 Å². The first-order valence-corrected chi connectivity index (χ1v) is 8.74. The molecule has 1 heterocycles. The summed E-state index contributed by atoms with van der Waals surface area (Å²) in [5.41, 5.74) is 4.49. The monoisotopic (exact) mass is 369 g/mol. The summed E-state index contributed by atoms with van der Waals surface area (Å²) in [6.45, 7) is 7.62. The smallest absolute Gasteiger partial charge is 0.361 e. The summed E-state index contributed by atoms with van der Waals surface area (Å²) in [5, 5.41) is 3.78. The number of carbonyl (C=O) groups excluding carboxylic acids is 1. The van der Waals surface area contributed by atoms with E-state index in [1.807, 2.05) is 38.1 Å². The third-order valence-corrected chi connectivity index (χ3v) is 4.17. The van der Waals surface area contributed by atoms with E-state index in [0.29, 0.717) is 21.9 Å². The van der Waals surface area contributed by atoms with Gasteiger partial charge in [0.05, 0.1) is 17.1 Å². The zero-order valence-electron chi connectivity index (χ0n) is 15.1. The van der Waals surface area contributed by atoms with Gasteiger partial charge in [-0.05, 0) is 75.2 Å². The lowest BCUT2D eigenvalue weighted by molar-refractivity contribution is 0.0372. The standard InChI is InChI=1S/C20H20ClN3O2/c1-11(2)26-20(25)18-19(22-15-7-5-14(21)6-8-15)24-17-10-13(4)12(3)9-16(17)23-18/h5-11H,1-4H3,(H,22,24). The summed E-state index contributed by atoms with van der Waals surface area (Å²) in [6.07, 6.45) is -0.247. The van der Waals surface area contributed by atoms with Crippen LogP contribution in [-0.2, 0) is 4.74 Å². The van der Waals surface area contributed by atoms with Crippen LogP contribution >= 0.6 is 11.6 Å². The Balaban J connectivity index is 2.11. The summed E-state index contributed by atoms with van der Waals surface area (Å²) >= 11 is 5.93. The van der Waals surface area contributed by atoms with E-state index in [2.05, 4.69) is 15.3 Å². The number of benzene rings is 2. The number of anilines is 2. The summed E-state index contributed by atoms with van der Waals surface area (Å²) in [5.74, 6) is -0.155. The fourth-order valence-corrected chi connectivity index (χ4v) is 2.61. The molecule has 0 unspecified atom stereocenters. The van der Waals surface area contributed by atoms with E-state index in [0.717, 1.165) is 16.8 Å². The van der Waals surface area contributed by atoms with E-state index in [1.165, 1.54) is 0 Å². The third-order valence-electron chi connectivity index (χ3n) is 3.92. The quantitative estimate of drug-likeness (QED) is 0.639. The highest BCUT2D eigenvalue weighted by Gasteiger charge is 2.20. The second kappa shape index (κ2) is 7.30. The molecule has 134 valence electrons. The number of nitrogens with one attached hydrogen (secondary N) is 1. The van der Waals surface area contributed by atoms with Gasteiger partial charge in [-0.3, -0.25) is 0 Å². The predicted octanol–water partition coefficient (Wildman–Crippen LogP) is 5.21. The van der Waals surface area contributed by atoms with Crippen LogP contribution in [-0.4, -0.2) is 22.0 Å². The summed E-state index contributed by atoms with van der Waals surface area (Å²) in [6, 6.07) is 11.0. The van der Waals surface area contributed by atoms with Gasteiger partial charge >= 0.3 is 5.97 Å². The molecular weight excluding hydrogens is 350 g/mol. The minimum Gasteiger partial charge on any atom is -0.458 e. The topological polar surface area (TPSA) is 64.1 Å². The van der Waals surface area contributed by atoms with Crippen LogP contribution in [0, 0.1) is 13.8 Å². The van der Waals surface area contributed by atoms with Crippen LogP contribution in [0.2, 0.25) is 5.02 Å². The molecule has 0 atom stereocenters. The number of esters is 1. The molecule has 5 nitrogen and oxygen atoms in total. The zero-order valence-corrected chi connectivity index (χ0v) is 15.9. The maximum absolute atomic E-state index is 12.5. The Kier molecular flexibility index (Phi) is 5.09. The molecular formula is C20H20ClN3O2. The van der Waals surface area contributed by atoms with Gasteiger partial charge in [0.15, 0.2) is 11.5 Å². The number of aryl methyl sites for hydroxylation is 2. The van der Waals surface area contributed by atoms with E-state index in [4.69, 9.17) is 16.3 Å². The van der Waals surface area contributed by atoms with E-state index in [1.54, 1.807) is 26.0 Å². The first kappa shape index (κ1) is 18.1. The van der Waals surface area contributed by atoms with Crippen LogP contribution < -0.4 is 5.32 Å². The number of ether oxygens (including phenoxy) is 1. The molecule has 6 heteroatoms. The van der Waals surface area contributed by atoms with Gasteiger partial charge in [0, 0.05) is 10.7 Å². The van der Waals surface area contributed by atoms with Gasteiger partial charge in [-0.2, -0.15) is 0 Å². The van der Waals surface area contributed by atoms with Crippen molar-refractivity contribution >= 4 is 40.1 Å². The first-order valence-electron chi connectivity index (χ1n) is 8.36. The second-order valence-electron chi connectivity index (χ2n) is 6.43. The van der Waals surface area contributed by atoms with Crippen molar-refractivity contribution in [2.75, 3.05) is 5.32 Å². The molecule has 0 radical (unpaired) electrons. The molecule has 3 rings (SSSR count). The third kappa shape index (κ3) is 3.94. The van der Waals surface area contributed by atoms with Crippen LogP contribution in [0.4, 0.5) is 11.5 Å². The second-order valence-corrected chi connectivity index (χ2v) is 6.87. The predicted molar refractivity (Wildman–Crippen MR) is 104 cm³/mol. The number of aromatic nitrogens is 2. The molecule has 0 amide bonds. The van der Waals surface area contributed by atoms with E-state index < -0.39 is 5.97 Å². The van der Waals surface area contributed by atoms with E-state index in [-0.39, 0.29) is 11.8 Å². The molecule has 0 saturated heterocycles. The van der Waals surface area contributed by atoms with Crippen LogP contribution in [0.3, 0.4) is 0 Å². The van der Waals surface area contributed by atoms with Gasteiger partial charge in [0.1, 0.15) is 0 Å². The van der Waals surface area contributed by atoms with Crippen molar-refractivity contribution in [1.29, 1.82) is 0 Å². The van der Waals surface area contributed by atoms with Gasteiger partial charge in [0.2, 0.25) is 0 Å². The van der Waals surface area contributed by atoms with Crippen molar-refractivity contribution < 1.29 is 9.53 Å². The Hall–Kier alpha value is -2.66. The highest BCUT2D eigenvalue weighted by Crippen LogP contribution is 2.25. The van der Waals surface area contributed by atoms with Crippen molar-refractivity contribution in [2.24, 2.45) is 0 Å². The maximum Gasteiger partial charge on any atom is 0.361 e. The normalized spacial score (nSPS) is 11.0. The lowest BCUT2D eigenvalue weighted by Crippen LogP contribution is -2.16. The maximum atomic E-state index is 12.5. The highest BCUT2D eigenvalue weighted by atomic mass is 35.5. The van der Waals surface area contributed by atoms with Crippen LogP contribution in [0.25, 0.3) is 11.0 Å². The first-order chi connectivity index (χ1) is 12.3. The fraction of sp³-hybridized carbons (Fsp3) is 0.250. The van der Waals surface area contributed by atoms with Crippen molar-refractivity contribution in [3.05, 3.63) is 58.2 Å². The van der Waals surface area contributed by atoms with Gasteiger partial charge in [0.25, 0.3) is 0 Å². The molecule has 26 heavy (non-hydrogen) atoms. The number of halogens is 1. The lowest BCUT2D eigenvalue weighted by atomic mass is 10.1. The molecule has 1 N–H and O–H groups in total. The Morgan fingerprint density at radius 3 is 2.19 bits per heavy atom. The highest BCUT2D eigenvalue weighted by molar-refractivity contribution is 6.30. The molecule has 0 fully saturated rings. The summed E-state index contributed by atoms with van der Waals surface area (Å²) in [4.78, 5) is 21.7. The number of nitrogens with zero attached hydrogens (tertiary/aromatic N) is 2.